The number of hydrogen-bond acceptors (Lipinski definition) is 2. The Kier molecular flexibility index (Phi) is 3.65. The topological polar surface area (TPSA) is 78.4 Å². The highest BCUT2D eigenvalue weighted by Gasteiger charge is 2.48. The van der Waals surface area contributed by atoms with Crippen molar-refractivity contribution >= 4 is 17.7 Å². The van der Waals surface area contributed by atoms with Crippen molar-refractivity contribution in [1.29, 1.82) is 0 Å². The van der Waals surface area contributed by atoms with Crippen molar-refractivity contribution in [3.8, 4) is 0 Å². The minimum Gasteiger partial charge on any atom is -0.480 e. The molecule has 3 N–H and O–H groups in total. The lowest BCUT2D eigenvalue weighted by Crippen LogP contribution is -2.55. The summed E-state index contributed by atoms with van der Waals surface area (Å²) in [4.78, 5) is 23.1. The standard InChI is InChI=1S/C14H17FN2O3/c1-8-3-6-11(10(15)7-8)16-13(20)17-14(2,12(18)19)9-4-5-9/h3,6-7,9H,4-5H2,1-2H3,(H,18,19)(H2,16,17,20). The molecule has 5 nitrogen and oxygen atoms in total. The average Bonchev–Trinajstić information content (AvgIpc) is 3.16. The summed E-state index contributed by atoms with van der Waals surface area (Å²) in [5.41, 5.74) is -0.552. The number of carbonyl (C=O) groups is 2. The fraction of sp³-hybridized carbons (Fsp3) is 0.429. The Morgan fingerprint density at radius 1 is 1.40 bits per heavy atom. The fourth-order valence-electron chi connectivity index (χ4n) is 2.10. The number of aliphatic carboxylic acids is 1. The highest BCUT2D eigenvalue weighted by Crippen LogP contribution is 2.39. The van der Waals surface area contributed by atoms with Crippen molar-refractivity contribution in [2.24, 2.45) is 5.92 Å². The lowest BCUT2D eigenvalue weighted by Gasteiger charge is -2.26. The molecule has 108 valence electrons. The van der Waals surface area contributed by atoms with Gasteiger partial charge in [-0.1, -0.05) is 6.07 Å². The van der Waals surface area contributed by atoms with Gasteiger partial charge in [-0.15, -0.1) is 0 Å². The van der Waals surface area contributed by atoms with E-state index in [1.807, 2.05) is 0 Å². The van der Waals surface area contributed by atoms with E-state index in [4.69, 9.17) is 0 Å². The van der Waals surface area contributed by atoms with Gasteiger partial charge in [-0.2, -0.15) is 0 Å². The van der Waals surface area contributed by atoms with E-state index in [2.05, 4.69) is 10.6 Å². The number of carboxylic acids is 1. The average molecular weight is 280 g/mol. The van der Waals surface area contributed by atoms with Crippen LogP contribution in [-0.2, 0) is 4.79 Å². The van der Waals surface area contributed by atoms with Crippen LogP contribution in [0.25, 0.3) is 0 Å². The summed E-state index contributed by atoms with van der Waals surface area (Å²) in [5, 5.41) is 14.0. The van der Waals surface area contributed by atoms with Crippen LogP contribution in [0.2, 0.25) is 0 Å². The van der Waals surface area contributed by atoms with Crippen LogP contribution in [0.3, 0.4) is 0 Å². The lowest BCUT2D eigenvalue weighted by atomic mass is 9.96. The molecule has 0 heterocycles. The second-order valence-corrected chi connectivity index (χ2v) is 5.34. The first-order chi connectivity index (χ1) is 9.33. The van der Waals surface area contributed by atoms with Crippen LogP contribution >= 0.6 is 0 Å². The Morgan fingerprint density at radius 2 is 2.05 bits per heavy atom. The number of amides is 2. The quantitative estimate of drug-likeness (QED) is 0.793. The zero-order valence-electron chi connectivity index (χ0n) is 11.4. The first-order valence-electron chi connectivity index (χ1n) is 6.41. The van der Waals surface area contributed by atoms with Crippen LogP contribution in [0.4, 0.5) is 14.9 Å². The first kappa shape index (κ1) is 14.3. The van der Waals surface area contributed by atoms with Crippen LogP contribution in [0.1, 0.15) is 25.3 Å². The molecule has 2 rings (SSSR count). The van der Waals surface area contributed by atoms with Gasteiger partial charge in [0.05, 0.1) is 5.69 Å². The number of urea groups is 1. The van der Waals surface area contributed by atoms with Crippen LogP contribution in [0.15, 0.2) is 18.2 Å². The molecule has 0 bridgehead atoms. The third-order valence-electron chi connectivity index (χ3n) is 3.58. The maximum Gasteiger partial charge on any atom is 0.329 e. The number of aryl methyl sites for hydroxylation is 1. The molecular formula is C14H17FN2O3. The normalized spacial score (nSPS) is 17.1. The molecule has 1 saturated carbocycles. The van der Waals surface area contributed by atoms with E-state index in [9.17, 15) is 19.1 Å². The van der Waals surface area contributed by atoms with Crippen LogP contribution in [-0.4, -0.2) is 22.6 Å². The van der Waals surface area contributed by atoms with Crippen molar-refractivity contribution in [2.45, 2.75) is 32.2 Å². The van der Waals surface area contributed by atoms with Gasteiger partial charge in [0.1, 0.15) is 11.4 Å². The van der Waals surface area contributed by atoms with Gasteiger partial charge in [0.2, 0.25) is 0 Å². The van der Waals surface area contributed by atoms with E-state index in [-0.39, 0.29) is 11.6 Å². The zero-order valence-corrected chi connectivity index (χ0v) is 11.4. The van der Waals surface area contributed by atoms with E-state index in [0.717, 1.165) is 18.4 Å². The Hall–Kier alpha value is -2.11. The second kappa shape index (κ2) is 5.11. The van der Waals surface area contributed by atoms with Gasteiger partial charge in [-0.3, -0.25) is 0 Å². The second-order valence-electron chi connectivity index (χ2n) is 5.34. The van der Waals surface area contributed by atoms with E-state index < -0.39 is 23.4 Å². The van der Waals surface area contributed by atoms with Gasteiger partial charge in [-0.05, 0) is 50.3 Å². The molecule has 1 atom stereocenters. The van der Waals surface area contributed by atoms with E-state index >= 15 is 0 Å². The van der Waals surface area contributed by atoms with E-state index in [1.54, 1.807) is 13.0 Å². The molecular weight excluding hydrogens is 263 g/mol. The molecule has 0 spiro atoms. The minimum atomic E-state index is -1.31. The smallest absolute Gasteiger partial charge is 0.329 e. The molecule has 1 unspecified atom stereocenters. The fourth-order valence-corrected chi connectivity index (χ4v) is 2.10. The summed E-state index contributed by atoms with van der Waals surface area (Å²) in [5.74, 6) is -1.71. The Balaban J connectivity index is 2.06. The summed E-state index contributed by atoms with van der Waals surface area (Å²) in [6.45, 7) is 3.21. The van der Waals surface area contributed by atoms with Gasteiger partial charge in [0, 0.05) is 0 Å². The molecule has 0 saturated heterocycles. The number of rotatable bonds is 4. The summed E-state index contributed by atoms with van der Waals surface area (Å²) in [6.07, 6.45) is 1.53. The SMILES string of the molecule is Cc1ccc(NC(=O)NC(C)(C(=O)O)C2CC2)c(F)c1. The number of carboxylic acid groups (broad SMARTS) is 1. The first-order valence-corrected chi connectivity index (χ1v) is 6.41. The van der Waals surface area contributed by atoms with Crippen molar-refractivity contribution < 1.29 is 19.1 Å². The Bertz CT molecular complexity index is 557. The van der Waals surface area contributed by atoms with Gasteiger partial charge >= 0.3 is 12.0 Å². The molecule has 1 aromatic carbocycles. The van der Waals surface area contributed by atoms with Gasteiger partial charge in [-0.25, -0.2) is 14.0 Å². The maximum absolute atomic E-state index is 13.6. The lowest BCUT2D eigenvalue weighted by molar-refractivity contribution is -0.144. The Labute approximate surface area is 116 Å². The number of hydrogen-bond donors (Lipinski definition) is 3. The molecule has 0 radical (unpaired) electrons. The van der Waals surface area contributed by atoms with E-state index in [1.165, 1.54) is 19.1 Å². The van der Waals surface area contributed by atoms with Gasteiger partial charge in [0.15, 0.2) is 0 Å². The number of anilines is 1. The number of carbonyl (C=O) groups excluding carboxylic acids is 1. The van der Waals surface area contributed by atoms with Gasteiger partial charge in [0.25, 0.3) is 0 Å². The molecule has 0 aromatic heterocycles. The number of halogens is 1. The van der Waals surface area contributed by atoms with Crippen LogP contribution in [0, 0.1) is 18.7 Å². The highest BCUT2D eigenvalue weighted by atomic mass is 19.1. The number of nitrogens with one attached hydrogen (secondary N) is 2. The molecule has 6 heteroatoms. The summed E-state index contributed by atoms with van der Waals surface area (Å²) in [6, 6.07) is 3.69. The van der Waals surface area contributed by atoms with Crippen molar-refractivity contribution in [3.63, 3.8) is 0 Å². The maximum atomic E-state index is 13.6. The van der Waals surface area contributed by atoms with Crippen molar-refractivity contribution in [1.82, 2.24) is 5.32 Å². The highest BCUT2D eigenvalue weighted by molar-refractivity contribution is 5.94. The monoisotopic (exact) mass is 280 g/mol. The molecule has 1 aliphatic carbocycles. The van der Waals surface area contributed by atoms with Crippen molar-refractivity contribution in [2.75, 3.05) is 5.32 Å². The number of benzene rings is 1. The summed E-state index contributed by atoms with van der Waals surface area (Å²) >= 11 is 0. The van der Waals surface area contributed by atoms with Crippen LogP contribution < -0.4 is 10.6 Å². The molecule has 1 fully saturated rings. The zero-order chi connectivity index (χ0) is 14.9. The molecule has 2 amide bonds. The van der Waals surface area contributed by atoms with Crippen molar-refractivity contribution in [3.05, 3.63) is 29.6 Å². The predicted octanol–water partition coefficient (Wildman–Crippen LogP) is 2.51. The molecule has 1 aliphatic rings. The summed E-state index contributed by atoms with van der Waals surface area (Å²) in [7, 11) is 0. The predicted molar refractivity (Wildman–Crippen MR) is 72.1 cm³/mol. The molecule has 0 aliphatic heterocycles. The Morgan fingerprint density at radius 3 is 2.55 bits per heavy atom. The molecule has 20 heavy (non-hydrogen) atoms. The largest absolute Gasteiger partial charge is 0.480 e. The minimum absolute atomic E-state index is 0.0247. The third-order valence-corrected chi connectivity index (χ3v) is 3.58. The van der Waals surface area contributed by atoms with E-state index in [0.29, 0.717) is 0 Å². The third kappa shape index (κ3) is 2.89. The van der Waals surface area contributed by atoms with Crippen LogP contribution in [0.5, 0.6) is 0 Å². The molecule has 1 aromatic rings. The summed E-state index contributed by atoms with van der Waals surface area (Å²) < 4.78 is 13.6. The van der Waals surface area contributed by atoms with Gasteiger partial charge < -0.3 is 15.7 Å².